The number of hydrogen-bond donors (Lipinski definition) is 2. The molecule has 0 atom stereocenters. The highest BCUT2D eigenvalue weighted by atomic mass is 35.5. The van der Waals surface area contributed by atoms with Gasteiger partial charge in [0, 0.05) is 21.4 Å². The summed E-state index contributed by atoms with van der Waals surface area (Å²) in [7, 11) is 0. The third-order valence-electron chi connectivity index (χ3n) is 3.74. The summed E-state index contributed by atoms with van der Waals surface area (Å²) in [5.74, 6) is 0. The summed E-state index contributed by atoms with van der Waals surface area (Å²) < 4.78 is 0. The summed E-state index contributed by atoms with van der Waals surface area (Å²) in [5, 5.41) is 6.53. The van der Waals surface area contributed by atoms with Crippen LogP contribution in [0.3, 0.4) is 0 Å². The normalized spacial score (nSPS) is 10.3. The van der Waals surface area contributed by atoms with E-state index in [0.29, 0.717) is 13.0 Å². The minimum absolute atomic E-state index is 0.224. The molecule has 3 aromatic rings. The molecule has 0 saturated carbocycles. The molecule has 0 fully saturated rings. The van der Waals surface area contributed by atoms with Crippen LogP contribution in [0.15, 0.2) is 88.7 Å². The molecule has 2 amide bonds. The second-order valence-electron chi connectivity index (χ2n) is 5.63. The van der Waals surface area contributed by atoms with E-state index in [4.69, 9.17) is 11.6 Å². The zero-order valence-electron chi connectivity index (χ0n) is 14.1. The maximum atomic E-state index is 12.2. The average molecular weight is 383 g/mol. The Kier molecular flexibility index (Phi) is 6.58. The van der Waals surface area contributed by atoms with Gasteiger partial charge in [0.1, 0.15) is 0 Å². The lowest BCUT2D eigenvalue weighted by Crippen LogP contribution is -2.30. The van der Waals surface area contributed by atoms with E-state index in [0.717, 1.165) is 26.1 Å². The van der Waals surface area contributed by atoms with Crippen molar-refractivity contribution in [2.45, 2.75) is 16.2 Å². The Morgan fingerprint density at radius 3 is 2.38 bits per heavy atom. The number of amides is 2. The van der Waals surface area contributed by atoms with Gasteiger partial charge in [-0.1, -0.05) is 71.9 Å². The summed E-state index contributed by atoms with van der Waals surface area (Å²) in [6, 6.07) is 25.3. The molecule has 0 heterocycles. The predicted octanol–water partition coefficient (Wildman–Crippen LogP) is 5.86. The first kappa shape index (κ1) is 18.4. The van der Waals surface area contributed by atoms with Crippen LogP contribution >= 0.6 is 23.4 Å². The van der Waals surface area contributed by atoms with Gasteiger partial charge < -0.3 is 10.6 Å². The second-order valence-corrected chi connectivity index (χ2v) is 7.16. The standard InChI is InChI=1S/C21H19ClN2OS/c22-18-11-5-4-8-16(18)14-15-23-21(25)24-19-12-6-7-13-20(19)26-17-9-2-1-3-10-17/h1-13H,14-15H2,(H2,23,24,25). The largest absolute Gasteiger partial charge is 0.338 e. The quantitative estimate of drug-likeness (QED) is 0.561. The molecule has 3 rings (SSSR count). The molecule has 132 valence electrons. The molecule has 5 heteroatoms. The number of rotatable bonds is 6. The summed E-state index contributed by atoms with van der Waals surface area (Å²) >= 11 is 7.75. The van der Waals surface area contributed by atoms with E-state index >= 15 is 0 Å². The van der Waals surface area contributed by atoms with Crippen molar-refractivity contribution in [3.63, 3.8) is 0 Å². The van der Waals surface area contributed by atoms with E-state index in [2.05, 4.69) is 10.6 Å². The summed E-state index contributed by atoms with van der Waals surface area (Å²) in [6.07, 6.45) is 0.688. The molecule has 3 aromatic carbocycles. The first-order chi connectivity index (χ1) is 12.7. The molecule has 0 aliphatic rings. The summed E-state index contributed by atoms with van der Waals surface area (Å²) in [6.45, 7) is 0.517. The molecule has 0 unspecified atom stereocenters. The number of carbonyl (C=O) groups is 1. The van der Waals surface area contributed by atoms with Gasteiger partial charge in [0.15, 0.2) is 0 Å². The monoisotopic (exact) mass is 382 g/mol. The Hall–Kier alpha value is -2.43. The van der Waals surface area contributed by atoms with Crippen molar-refractivity contribution in [3.05, 3.63) is 89.4 Å². The van der Waals surface area contributed by atoms with Gasteiger partial charge in [-0.3, -0.25) is 0 Å². The van der Waals surface area contributed by atoms with Crippen LogP contribution in [0.25, 0.3) is 0 Å². The lowest BCUT2D eigenvalue weighted by atomic mass is 10.1. The zero-order chi connectivity index (χ0) is 18.2. The van der Waals surface area contributed by atoms with Crippen LogP contribution in [0.2, 0.25) is 5.02 Å². The third-order valence-corrected chi connectivity index (χ3v) is 5.20. The number of anilines is 1. The van der Waals surface area contributed by atoms with Gasteiger partial charge in [0.2, 0.25) is 0 Å². The third kappa shape index (κ3) is 5.28. The fraction of sp³-hybridized carbons (Fsp3) is 0.0952. The number of para-hydroxylation sites is 1. The fourth-order valence-corrected chi connectivity index (χ4v) is 3.61. The predicted molar refractivity (Wildman–Crippen MR) is 109 cm³/mol. The number of halogens is 1. The minimum Gasteiger partial charge on any atom is -0.338 e. The number of hydrogen-bond acceptors (Lipinski definition) is 2. The molecule has 2 N–H and O–H groups in total. The molecule has 0 aliphatic carbocycles. The molecule has 0 bridgehead atoms. The van der Waals surface area contributed by atoms with Crippen LogP contribution in [-0.4, -0.2) is 12.6 Å². The Balaban J connectivity index is 1.57. The van der Waals surface area contributed by atoms with Crippen molar-refractivity contribution in [1.82, 2.24) is 5.32 Å². The maximum Gasteiger partial charge on any atom is 0.319 e. The van der Waals surface area contributed by atoms with E-state index in [9.17, 15) is 4.79 Å². The van der Waals surface area contributed by atoms with Gasteiger partial charge in [-0.25, -0.2) is 4.79 Å². The van der Waals surface area contributed by atoms with Crippen LogP contribution in [0.5, 0.6) is 0 Å². The van der Waals surface area contributed by atoms with Crippen molar-refractivity contribution in [2.75, 3.05) is 11.9 Å². The minimum atomic E-state index is -0.224. The Labute approximate surface area is 162 Å². The highest BCUT2D eigenvalue weighted by Crippen LogP contribution is 2.33. The Morgan fingerprint density at radius 1 is 0.885 bits per heavy atom. The van der Waals surface area contributed by atoms with Gasteiger partial charge >= 0.3 is 6.03 Å². The van der Waals surface area contributed by atoms with Gasteiger partial charge in [-0.05, 0) is 42.3 Å². The van der Waals surface area contributed by atoms with E-state index in [-0.39, 0.29) is 6.03 Å². The number of carbonyl (C=O) groups excluding carboxylic acids is 1. The van der Waals surface area contributed by atoms with Crippen LogP contribution < -0.4 is 10.6 Å². The summed E-state index contributed by atoms with van der Waals surface area (Å²) in [5.41, 5.74) is 1.81. The number of urea groups is 1. The molecular formula is C21H19ClN2OS. The lowest BCUT2D eigenvalue weighted by molar-refractivity contribution is 0.252. The second kappa shape index (κ2) is 9.32. The van der Waals surface area contributed by atoms with Crippen LogP contribution in [-0.2, 0) is 6.42 Å². The first-order valence-corrected chi connectivity index (χ1v) is 9.52. The van der Waals surface area contributed by atoms with Crippen molar-refractivity contribution >= 4 is 35.1 Å². The molecule has 26 heavy (non-hydrogen) atoms. The Bertz CT molecular complexity index is 871. The van der Waals surface area contributed by atoms with Crippen LogP contribution in [0.1, 0.15) is 5.56 Å². The van der Waals surface area contributed by atoms with Crippen molar-refractivity contribution in [1.29, 1.82) is 0 Å². The molecule has 0 aromatic heterocycles. The van der Waals surface area contributed by atoms with E-state index in [1.165, 1.54) is 0 Å². The van der Waals surface area contributed by atoms with Gasteiger partial charge in [0.05, 0.1) is 5.69 Å². The smallest absolute Gasteiger partial charge is 0.319 e. The maximum absolute atomic E-state index is 12.2. The molecule has 0 saturated heterocycles. The lowest BCUT2D eigenvalue weighted by Gasteiger charge is -2.12. The average Bonchev–Trinajstić information content (AvgIpc) is 2.66. The summed E-state index contributed by atoms with van der Waals surface area (Å²) in [4.78, 5) is 14.4. The van der Waals surface area contributed by atoms with Crippen LogP contribution in [0, 0.1) is 0 Å². The van der Waals surface area contributed by atoms with Gasteiger partial charge in [-0.15, -0.1) is 0 Å². The molecule has 0 aliphatic heterocycles. The fourth-order valence-electron chi connectivity index (χ4n) is 2.45. The SMILES string of the molecule is O=C(NCCc1ccccc1Cl)Nc1ccccc1Sc1ccccc1. The van der Waals surface area contributed by atoms with E-state index in [1.54, 1.807) is 11.8 Å². The van der Waals surface area contributed by atoms with Gasteiger partial charge in [-0.2, -0.15) is 0 Å². The molecule has 3 nitrogen and oxygen atoms in total. The highest BCUT2D eigenvalue weighted by molar-refractivity contribution is 7.99. The van der Waals surface area contributed by atoms with E-state index < -0.39 is 0 Å². The highest BCUT2D eigenvalue weighted by Gasteiger charge is 2.08. The molecule has 0 radical (unpaired) electrons. The Morgan fingerprint density at radius 2 is 1.58 bits per heavy atom. The number of benzene rings is 3. The van der Waals surface area contributed by atoms with Gasteiger partial charge in [0.25, 0.3) is 0 Å². The van der Waals surface area contributed by atoms with E-state index in [1.807, 2.05) is 78.9 Å². The zero-order valence-corrected chi connectivity index (χ0v) is 15.7. The molecule has 0 spiro atoms. The van der Waals surface area contributed by atoms with Crippen LogP contribution in [0.4, 0.5) is 10.5 Å². The first-order valence-electron chi connectivity index (χ1n) is 8.32. The number of nitrogens with one attached hydrogen (secondary N) is 2. The van der Waals surface area contributed by atoms with Crippen molar-refractivity contribution < 1.29 is 4.79 Å². The van der Waals surface area contributed by atoms with Crippen molar-refractivity contribution in [3.8, 4) is 0 Å². The van der Waals surface area contributed by atoms with Crippen molar-refractivity contribution in [2.24, 2.45) is 0 Å². The topological polar surface area (TPSA) is 41.1 Å². The molecular weight excluding hydrogens is 364 g/mol.